The van der Waals surface area contributed by atoms with Gasteiger partial charge < -0.3 is 4.74 Å². The van der Waals surface area contributed by atoms with E-state index in [0.29, 0.717) is 34.3 Å². The first kappa shape index (κ1) is 18.5. The Hall–Kier alpha value is -1.82. The molecule has 1 aliphatic carbocycles. The maximum absolute atomic E-state index is 13.4. The largest absolute Gasteiger partial charge is 0.462 e. The zero-order valence-corrected chi connectivity index (χ0v) is 16.9. The zero-order chi connectivity index (χ0) is 19.1. The number of fused-ring (bicyclic) bond motifs is 1. The predicted molar refractivity (Wildman–Crippen MR) is 107 cm³/mol. The average Bonchev–Trinajstić information content (AvgIpc) is 2.95. The van der Waals surface area contributed by atoms with Gasteiger partial charge in [-0.05, 0) is 37.3 Å². The van der Waals surface area contributed by atoms with E-state index in [1.165, 1.54) is 18.2 Å². The third-order valence-corrected chi connectivity index (χ3v) is 7.31. The fraction of sp³-hybridized carbons (Fsp3) is 0.571. The highest BCUT2D eigenvalue weighted by atomic mass is 32.2. The number of para-hydroxylation sites is 1. The molecule has 144 valence electrons. The Morgan fingerprint density at radius 3 is 2.67 bits per heavy atom. The normalized spacial score (nSPS) is 31.2. The Labute approximate surface area is 163 Å². The van der Waals surface area contributed by atoms with Crippen LogP contribution in [0.5, 0.6) is 0 Å². The second-order valence-electron chi connectivity index (χ2n) is 8.01. The van der Waals surface area contributed by atoms with E-state index in [2.05, 4.69) is 13.8 Å². The minimum Gasteiger partial charge on any atom is -0.462 e. The highest BCUT2D eigenvalue weighted by Gasteiger charge is 2.36. The van der Waals surface area contributed by atoms with E-state index in [4.69, 9.17) is 9.72 Å². The van der Waals surface area contributed by atoms with Crippen molar-refractivity contribution in [1.29, 1.82) is 0 Å². The lowest BCUT2D eigenvalue weighted by atomic mass is 9.78. The molecule has 27 heavy (non-hydrogen) atoms. The zero-order valence-electron chi connectivity index (χ0n) is 16.1. The molecular weight excluding hydrogens is 360 g/mol. The van der Waals surface area contributed by atoms with Crippen LogP contribution < -0.4 is 5.56 Å². The van der Waals surface area contributed by atoms with Gasteiger partial charge in [0.2, 0.25) is 0 Å². The SMILES string of the molecule is CC1CC(Sc2nc3ccccc3c(=O)n2C2CCCC(C)C2C)C(=O)O1. The monoisotopic (exact) mass is 386 g/mol. The molecule has 4 rings (SSSR count). The van der Waals surface area contributed by atoms with Crippen LogP contribution in [0.25, 0.3) is 10.9 Å². The van der Waals surface area contributed by atoms with Crippen LogP contribution in [0.3, 0.4) is 0 Å². The smallest absolute Gasteiger partial charge is 0.319 e. The summed E-state index contributed by atoms with van der Waals surface area (Å²) in [4.78, 5) is 30.4. The van der Waals surface area contributed by atoms with Crippen LogP contribution in [-0.4, -0.2) is 26.9 Å². The molecule has 0 bridgehead atoms. The van der Waals surface area contributed by atoms with Gasteiger partial charge in [0.05, 0.1) is 10.9 Å². The maximum Gasteiger partial charge on any atom is 0.319 e. The molecule has 1 aromatic carbocycles. The molecule has 1 saturated carbocycles. The first-order valence-electron chi connectivity index (χ1n) is 9.84. The predicted octanol–water partition coefficient (Wildman–Crippen LogP) is 4.19. The minimum absolute atomic E-state index is 0.00784. The number of carbonyl (C=O) groups is 1. The molecular formula is C21H26N2O3S. The number of aromatic nitrogens is 2. The van der Waals surface area contributed by atoms with E-state index in [1.54, 1.807) is 0 Å². The van der Waals surface area contributed by atoms with Crippen LogP contribution in [-0.2, 0) is 9.53 Å². The molecule has 2 fully saturated rings. The molecule has 1 saturated heterocycles. The molecule has 2 aromatic rings. The van der Waals surface area contributed by atoms with Gasteiger partial charge in [-0.1, -0.05) is 50.6 Å². The second-order valence-corrected chi connectivity index (χ2v) is 9.18. The van der Waals surface area contributed by atoms with Crippen LogP contribution in [0.2, 0.25) is 0 Å². The van der Waals surface area contributed by atoms with Crippen molar-refractivity contribution in [3.63, 3.8) is 0 Å². The molecule has 6 heteroatoms. The third-order valence-electron chi connectivity index (χ3n) is 6.14. The van der Waals surface area contributed by atoms with Crippen molar-refractivity contribution >= 4 is 28.6 Å². The van der Waals surface area contributed by atoms with Gasteiger partial charge in [0.1, 0.15) is 11.4 Å². The van der Waals surface area contributed by atoms with Crippen molar-refractivity contribution in [2.24, 2.45) is 11.8 Å². The van der Waals surface area contributed by atoms with Crippen LogP contribution in [0.4, 0.5) is 0 Å². The second kappa shape index (κ2) is 7.30. The number of hydrogen-bond donors (Lipinski definition) is 0. The van der Waals surface area contributed by atoms with Gasteiger partial charge in [-0.3, -0.25) is 14.2 Å². The van der Waals surface area contributed by atoms with Crippen molar-refractivity contribution < 1.29 is 9.53 Å². The molecule has 5 unspecified atom stereocenters. The fourth-order valence-electron chi connectivity index (χ4n) is 4.36. The molecule has 1 aliphatic heterocycles. The highest BCUT2D eigenvalue weighted by Crippen LogP contribution is 2.40. The molecule has 0 radical (unpaired) electrons. The molecule has 0 amide bonds. The van der Waals surface area contributed by atoms with Gasteiger partial charge in [-0.2, -0.15) is 0 Å². The fourth-order valence-corrected chi connectivity index (χ4v) is 5.62. The topological polar surface area (TPSA) is 61.2 Å². The standard InChI is InChI=1S/C21H26N2O3S/c1-12-7-6-10-17(14(12)3)23-19(24)15-8-4-5-9-16(15)22-21(23)27-18-11-13(2)26-20(18)25/h4-5,8-9,12-14,17-18H,6-7,10-11H2,1-3H3. The van der Waals surface area contributed by atoms with Gasteiger partial charge in [0.15, 0.2) is 5.16 Å². The van der Waals surface area contributed by atoms with Crippen LogP contribution in [0.1, 0.15) is 52.5 Å². The number of hydrogen-bond acceptors (Lipinski definition) is 5. The van der Waals surface area contributed by atoms with Crippen LogP contribution in [0.15, 0.2) is 34.2 Å². The number of carbonyl (C=O) groups excluding carboxylic acids is 1. The molecule has 1 aromatic heterocycles. The van der Waals surface area contributed by atoms with Crippen molar-refractivity contribution in [3.8, 4) is 0 Å². The van der Waals surface area contributed by atoms with Gasteiger partial charge in [0, 0.05) is 12.5 Å². The van der Waals surface area contributed by atoms with Gasteiger partial charge in [-0.15, -0.1) is 0 Å². The molecule has 5 nitrogen and oxygen atoms in total. The molecule has 5 atom stereocenters. The summed E-state index contributed by atoms with van der Waals surface area (Å²) in [7, 11) is 0. The first-order valence-corrected chi connectivity index (χ1v) is 10.7. The summed E-state index contributed by atoms with van der Waals surface area (Å²) in [5.41, 5.74) is 0.700. The number of ether oxygens (including phenoxy) is 1. The summed E-state index contributed by atoms with van der Waals surface area (Å²) in [6, 6.07) is 7.61. The number of cyclic esters (lactones) is 1. The lowest BCUT2D eigenvalue weighted by Crippen LogP contribution is -2.35. The lowest BCUT2D eigenvalue weighted by Gasteiger charge is -2.36. The minimum atomic E-state index is -0.296. The number of esters is 1. The number of nitrogens with zero attached hydrogens (tertiary/aromatic N) is 2. The summed E-state index contributed by atoms with van der Waals surface area (Å²) in [6.07, 6.45) is 3.86. The molecule has 0 spiro atoms. The van der Waals surface area contributed by atoms with E-state index in [0.717, 1.165) is 12.8 Å². The Bertz CT molecular complexity index is 925. The van der Waals surface area contributed by atoms with Crippen molar-refractivity contribution in [3.05, 3.63) is 34.6 Å². The van der Waals surface area contributed by atoms with Gasteiger partial charge in [-0.25, -0.2) is 4.98 Å². The number of rotatable bonds is 3. The number of thioether (sulfide) groups is 1. The summed E-state index contributed by atoms with van der Waals surface area (Å²) in [6.45, 7) is 6.40. The van der Waals surface area contributed by atoms with E-state index in [1.807, 2.05) is 35.8 Å². The van der Waals surface area contributed by atoms with Crippen molar-refractivity contribution in [2.75, 3.05) is 0 Å². The average molecular weight is 387 g/mol. The molecule has 0 N–H and O–H groups in total. The van der Waals surface area contributed by atoms with E-state index in [-0.39, 0.29) is 28.9 Å². The van der Waals surface area contributed by atoms with E-state index in [9.17, 15) is 9.59 Å². The summed E-state index contributed by atoms with van der Waals surface area (Å²) < 4.78 is 7.19. The Balaban J connectivity index is 1.83. The van der Waals surface area contributed by atoms with Gasteiger partial charge in [0.25, 0.3) is 5.56 Å². The first-order chi connectivity index (χ1) is 13.0. The Morgan fingerprint density at radius 2 is 1.93 bits per heavy atom. The quantitative estimate of drug-likeness (QED) is 0.585. The van der Waals surface area contributed by atoms with Crippen molar-refractivity contribution in [2.45, 2.75) is 69.0 Å². The number of benzene rings is 1. The maximum atomic E-state index is 13.4. The third kappa shape index (κ3) is 3.40. The van der Waals surface area contributed by atoms with E-state index < -0.39 is 0 Å². The summed E-state index contributed by atoms with van der Waals surface area (Å²) in [5, 5.41) is 1.01. The summed E-state index contributed by atoms with van der Waals surface area (Å²) >= 11 is 1.39. The Morgan fingerprint density at radius 1 is 1.15 bits per heavy atom. The van der Waals surface area contributed by atoms with Crippen LogP contribution in [0, 0.1) is 11.8 Å². The van der Waals surface area contributed by atoms with Gasteiger partial charge >= 0.3 is 5.97 Å². The Kier molecular flexibility index (Phi) is 5.01. The van der Waals surface area contributed by atoms with Crippen molar-refractivity contribution in [1.82, 2.24) is 9.55 Å². The summed E-state index contributed by atoms with van der Waals surface area (Å²) in [5.74, 6) is 0.760. The molecule has 2 aliphatic rings. The van der Waals surface area contributed by atoms with Crippen LogP contribution >= 0.6 is 11.8 Å². The molecule has 2 heterocycles. The lowest BCUT2D eigenvalue weighted by molar-refractivity contribution is -0.140. The highest BCUT2D eigenvalue weighted by molar-refractivity contribution is 8.00. The van der Waals surface area contributed by atoms with E-state index >= 15 is 0 Å².